The second-order valence-electron chi connectivity index (χ2n) is 4.34. The summed E-state index contributed by atoms with van der Waals surface area (Å²) < 4.78 is 27.8. The van der Waals surface area contributed by atoms with Crippen molar-refractivity contribution in [3.05, 3.63) is 27.1 Å². The van der Waals surface area contributed by atoms with Crippen LogP contribution in [0.5, 0.6) is 0 Å². The van der Waals surface area contributed by atoms with Crippen LogP contribution in [0.2, 0.25) is 0 Å². The van der Waals surface area contributed by atoms with Gasteiger partial charge >= 0.3 is 0 Å². The summed E-state index contributed by atoms with van der Waals surface area (Å²) in [5.41, 5.74) is 5.84. The Hall–Kier alpha value is 0.340. The van der Waals surface area contributed by atoms with Gasteiger partial charge in [0.2, 0.25) is 10.0 Å². The minimum atomic E-state index is -3.46. The van der Waals surface area contributed by atoms with Gasteiger partial charge in [0.1, 0.15) is 0 Å². The largest absolute Gasteiger partial charge is 0.327 e. The van der Waals surface area contributed by atoms with Gasteiger partial charge in [0, 0.05) is 28.1 Å². The van der Waals surface area contributed by atoms with Crippen molar-refractivity contribution in [3.63, 3.8) is 0 Å². The highest BCUT2D eigenvalue weighted by Crippen LogP contribution is 2.29. The number of hydrogen-bond acceptors (Lipinski definition) is 3. The van der Waals surface area contributed by atoms with Gasteiger partial charge in [0.25, 0.3) is 0 Å². The van der Waals surface area contributed by atoms with Crippen LogP contribution in [-0.2, 0) is 10.0 Å². The molecule has 2 rings (SSSR count). The Morgan fingerprint density at radius 1 is 1.32 bits per heavy atom. The number of halogens is 3. The van der Waals surface area contributed by atoms with Gasteiger partial charge in [-0.1, -0.05) is 15.9 Å². The van der Waals surface area contributed by atoms with E-state index in [1.807, 2.05) is 0 Å². The van der Waals surface area contributed by atoms with E-state index < -0.39 is 10.0 Å². The lowest BCUT2D eigenvalue weighted by Gasteiger charge is -2.30. The number of nitrogens with zero attached hydrogens (tertiary/aromatic N) is 1. The average molecular weight is 435 g/mol. The van der Waals surface area contributed by atoms with E-state index in [1.54, 1.807) is 18.2 Å². The van der Waals surface area contributed by atoms with E-state index in [0.29, 0.717) is 22.5 Å². The number of nitrogens with two attached hydrogens (primary N) is 1. The summed E-state index contributed by atoms with van der Waals surface area (Å²) in [5, 5.41) is 0. The maximum atomic E-state index is 12.5. The molecule has 1 unspecified atom stereocenters. The van der Waals surface area contributed by atoms with Gasteiger partial charge < -0.3 is 5.73 Å². The first-order valence-corrected chi connectivity index (χ1v) is 8.64. The van der Waals surface area contributed by atoms with E-state index in [4.69, 9.17) is 5.73 Å². The highest BCUT2D eigenvalue weighted by Gasteiger charge is 2.30. The fourth-order valence-electron chi connectivity index (χ4n) is 2.02. The Kier molecular flexibility index (Phi) is 6.28. The van der Waals surface area contributed by atoms with Gasteiger partial charge in [0.15, 0.2) is 0 Å². The Balaban J connectivity index is 0.00000180. The molecule has 1 aliphatic rings. The molecule has 4 nitrogen and oxygen atoms in total. The predicted octanol–water partition coefficient (Wildman–Crippen LogP) is 2.75. The second-order valence-corrected chi connectivity index (χ2v) is 8.02. The van der Waals surface area contributed by atoms with E-state index in [9.17, 15) is 8.42 Å². The molecule has 0 amide bonds. The smallest absolute Gasteiger partial charge is 0.244 e. The normalized spacial score (nSPS) is 20.9. The molecule has 0 bridgehead atoms. The van der Waals surface area contributed by atoms with Gasteiger partial charge in [-0.3, -0.25) is 0 Å². The van der Waals surface area contributed by atoms with Crippen LogP contribution in [0.1, 0.15) is 12.8 Å². The minimum Gasteiger partial charge on any atom is -0.327 e. The van der Waals surface area contributed by atoms with E-state index in [0.717, 1.165) is 17.3 Å². The SMILES string of the molecule is Cl.NC1CCCN(S(=O)(=O)c2ccc(Br)cc2Br)C1. The summed E-state index contributed by atoms with van der Waals surface area (Å²) in [4.78, 5) is 0.291. The van der Waals surface area contributed by atoms with Crippen molar-refractivity contribution >= 4 is 54.3 Å². The molecule has 0 spiro atoms. The summed E-state index contributed by atoms with van der Waals surface area (Å²) in [5.74, 6) is 0. The van der Waals surface area contributed by atoms with Gasteiger partial charge in [-0.25, -0.2) is 8.42 Å². The maximum Gasteiger partial charge on any atom is 0.244 e. The third-order valence-electron chi connectivity index (χ3n) is 2.93. The minimum absolute atomic E-state index is 0. The average Bonchev–Trinajstić information content (AvgIpc) is 2.28. The monoisotopic (exact) mass is 432 g/mol. The van der Waals surface area contributed by atoms with Gasteiger partial charge in [0.05, 0.1) is 4.90 Å². The number of hydrogen-bond donors (Lipinski definition) is 1. The third-order valence-corrected chi connectivity index (χ3v) is 6.27. The molecular formula is C11H15Br2ClN2O2S. The maximum absolute atomic E-state index is 12.5. The first-order valence-electron chi connectivity index (χ1n) is 5.62. The van der Waals surface area contributed by atoms with Gasteiger partial charge in [-0.15, -0.1) is 12.4 Å². The Morgan fingerprint density at radius 2 is 2.00 bits per heavy atom. The molecule has 0 saturated carbocycles. The molecule has 1 heterocycles. The lowest BCUT2D eigenvalue weighted by Crippen LogP contribution is -2.45. The van der Waals surface area contributed by atoms with Crippen LogP contribution in [0.15, 0.2) is 32.0 Å². The van der Waals surface area contributed by atoms with Crippen LogP contribution >= 0.6 is 44.3 Å². The highest BCUT2D eigenvalue weighted by molar-refractivity contribution is 9.11. The fourth-order valence-corrected chi connectivity index (χ4v) is 5.26. The molecule has 1 aliphatic heterocycles. The zero-order valence-corrected chi connectivity index (χ0v) is 14.9. The molecule has 2 N–H and O–H groups in total. The Bertz CT molecular complexity index is 554. The topological polar surface area (TPSA) is 63.4 Å². The molecule has 0 aromatic heterocycles. The van der Waals surface area contributed by atoms with Crippen molar-refractivity contribution in [1.82, 2.24) is 4.31 Å². The number of benzene rings is 1. The van der Waals surface area contributed by atoms with Gasteiger partial charge in [-0.05, 0) is 47.0 Å². The van der Waals surface area contributed by atoms with Crippen LogP contribution in [0.3, 0.4) is 0 Å². The molecular weight excluding hydrogens is 419 g/mol. The highest BCUT2D eigenvalue weighted by atomic mass is 79.9. The van der Waals surface area contributed by atoms with Crippen molar-refractivity contribution in [2.45, 2.75) is 23.8 Å². The molecule has 8 heteroatoms. The van der Waals surface area contributed by atoms with Crippen molar-refractivity contribution in [2.75, 3.05) is 13.1 Å². The fraction of sp³-hybridized carbons (Fsp3) is 0.455. The van der Waals surface area contributed by atoms with Crippen LogP contribution in [-0.4, -0.2) is 31.9 Å². The molecule has 1 fully saturated rings. The summed E-state index contributed by atoms with van der Waals surface area (Å²) in [6, 6.07) is 4.99. The van der Waals surface area contributed by atoms with Crippen molar-refractivity contribution in [2.24, 2.45) is 5.73 Å². The second kappa shape index (κ2) is 6.87. The summed E-state index contributed by atoms with van der Waals surface area (Å²) in [6.07, 6.45) is 1.70. The van der Waals surface area contributed by atoms with Crippen molar-refractivity contribution < 1.29 is 8.42 Å². The molecule has 0 aliphatic carbocycles. The van der Waals surface area contributed by atoms with Crippen molar-refractivity contribution in [1.29, 1.82) is 0 Å². The summed E-state index contributed by atoms with van der Waals surface area (Å²) in [7, 11) is -3.46. The van der Waals surface area contributed by atoms with E-state index >= 15 is 0 Å². The molecule has 19 heavy (non-hydrogen) atoms. The van der Waals surface area contributed by atoms with Crippen molar-refractivity contribution in [3.8, 4) is 0 Å². The molecule has 1 atom stereocenters. The third kappa shape index (κ3) is 3.92. The molecule has 1 aromatic carbocycles. The zero-order chi connectivity index (χ0) is 13.3. The standard InChI is InChI=1S/C11H14Br2N2O2S.ClH/c12-8-3-4-11(10(13)6-8)18(16,17)15-5-1-2-9(14)7-15;/h3-4,6,9H,1-2,5,7,14H2;1H. The Labute approximate surface area is 136 Å². The lowest BCUT2D eigenvalue weighted by molar-refractivity contribution is 0.316. The summed E-state index contributed by atoms with van der Waals surface area (Å²) >= 11 is 6.61. The zero-order valence-electron chi connectivity index (χ0n) is 10.1. The molecule has 108 valence electrons. The van der Waals surface area contributed by atoms with Crippen LogP contribution in [0.25, 0.3) is 0 Å². The molecule has 1 saturated heterocycles. The molecule has 1 aromatic rings. The van der Waals surface area contributed by atoms with Gasteiger partial charge in [-0.2, -0.15) is 4.31 Å². The number of piperidine rings is 1. The predicted molar refractivity (Wildman–Crippen MR) is 85.1 cm³/mol. The quantitative estimate of drug-likeness (QED) is 0.779. The number of sulfonamides is 1. The Morgan fingerprint density at radius 3 is 2.58 bits per heavy atom. The lowest BCUT2D eigenvalue weighted by atomic mass is 10.1. The van der Waals surface area contributed by atoms with Crippen LogP contribution < -0.4 is 5.73 Å². The first kappa shape index (κ1) is 17.4. The van der Waals surface area contributed by atoms with E-state index in [1.165, 1.54) is 4.31 Å². The van der Waals surface area contributed by atoms with E-state index in [2.05, 4.69) is 31.9 Å². The van der Waals surface area contributed by atoms with E-state index in [-0.39, 0.29) is 18.4 Å². The van der Waals surface area contributed by atoms with Crippen LogP contribution in [0.4, 0.5) is 0 Å². The first-order chi connectivity index (χ1) is 8.41. The molecule has 0 radical (unpaired) electrons. The summed E-state index contributed by atoms with van der Waals surface area (Å²) in [6.45, 7) is 0.934. The number of rotatable bonds is 2. The van der Waals surface area contributed by atoms with Crippen LogP contribution in [0, 0.1) is 0 Å².